The van der Waals surface area contributed by atoms with Crippen molar-refractivity contribution in [1.29, 1.82) is 0 Å². The highest BCUT2D eigenvalue weighted by molar-refractivity contribution is 5.95. The molecule has 1 aromatic rings. The van der Waals surface area contributed by atoms with Crippen LogP contribution in [0.15, 0.2) is 12.5 Å². The Labute approximate surface area is 161 Å². The number of anilines is 1. The normalized spacial score (nSPS) is 16.8. The van der Waals surface area contributed by atoms with Crippen molar-refractivity contribution in [3.8, 4) is 0 Å². The molecule has 2 N–H and O–H groups in total. The lowest BCUT2D eigenvalue weighted by molar-refractivity contribution is -0.117. The van der Waals surface area contributed by atoms with Crippen LogP contribution in [-0.2, 0) is 15.1 Å². The number of amides is 2. The van der Waals surface area contributed by atoms with Gasteiger partial charge in [0.15, 0.2) is 5.82 Å². The van der Waals surface area contributed by atoms with Crippen LogP contribution in [0.25, 0.3) is 0 Å². The van der Waals surface area contributed by atoms with Gasteiger partial charge in [0.2, 0.25) is 5.91 Å². The van der Waals surface area contributed by atoms with Crippen molar-refractivity contribution in [3.63, 3.8) is 0 Å². The Morgan fingerprint density at radius 2 is 1.85 bits per heavy atom. The molecule has 0 aliphatic carbocycles. The topological polar surface area (TPSA) is 88.5 Å². The fourth-order valence-corrected chi connectivity index (χ4v) is 3.07. The molecular weight excluding hydrogens is 346 g/mol. The van der Waals surface area contributed by atoms with Gasteiger partial charge < -0.3 is 24.8 Å². The second-order valence-corrected chi connectivity index (χ2v) is 8.82. The molecule has 1 aliphatic heterocycles. The molecule has 2 heterocycles. The summed E-state index contributed by atoms with van der Waals surface area (Å²) in [7, 11) is 0. The van der Waals surface area contributed by atoms with Crippen molar-refractivity contribution in [1.82, 2.24) is 19.8 Å². The molecule has 1 saturated heterocycles. The van der Waals surface area contributed by atoms with Crippen LogP contribution in [0, 0.1) is 0 Å². The molecule has 1 fully saturated rings. The van der Waals surface area contributed by atoms with Crippen molar-refractivity contribution in [3.05, 3.63) is 12.5 Å². The van der Waals surface area contributed by atoms with E-state index in [0.29, 0.717) is 5.82 Å². The number of nitrogens with zero attached hydrogens (tertiary/aromatic N) is 3. The highest BCUT2D eigenvalue weighted by Gasteiger charge is 2.26. The van der Waals surface area contributed by atoms with Crippen molar-refractivity contribution in [2.75, 3.05) is 25.0 Å². The Morgan fingerprint density at radius 3 is 2.44 bits per heavy atom. The van der Waals surface area contributed by atoms with E-state index in [1.54, 1.807) is 34.0 Å². The van der Waals surface area contributed by atoms with E-state index in [1.165, 1.54) is 12.8 Å². The maximum absolute atomic E-state index is 12.3. The van der Waals surface area contributed by atoms with E-state index in [9.17, 15) is 9.59 Å². The van der Waals surface area contributed by atoms with E-state index in [0.717, 1.165) is 19.6 Å². The standard InChI is InChI=1S/C19H33N5O3/c1-14(21-17(26)27-18(2,3)4)16(25)22-15-11-24(13-20-15)19(5,6)12-23-9-7-8-10-23/h11,13-14H,7-10,12H2,1-6H3,(H,21,26)(H,22,25)/t14-/m0/s1. The molecule has 1 atom stereocenters. The Balaban J connectivity index is 1.90. The van der Waals surface area contributed by atoms with Gasteiger partial charge in [-0.15, -0.1) is 0 Å². The summed E-state index contributed by atoms with van der Waals surface area (Å²) < 4.78 is 7.19. The van der Waals surface area contributed by atoms with E-state index in [2.05, 4.69) is 34.4 Å². The predicted molar refractivity (Wildman–Crippen MR) is 105 cm³/mol. The summed E-state index contributed by atoms with van der Waals surface area (Å²) in [6, 6.07) is -0.734. The molecule has 2 amide bonds. The minimum atomic E-state index is -0.734. The first kappa shape index (κ1) is 21.2. The van der Waals surface area contributed by atoms with E-state index in [1.807, 2.05) is 10.8 Å². The molecule has 27 heavy (non-hydrogen) atoms. The first-order valence-electron chi connectivity index (χ1n) is 9.53. The lowest BCUT2D eigenvalue weighted by Crippen LogP contribution is -2.44. The van der Waals surface area contributed by atoms with Gasteiger partial charge in [-0.05, 0) is 67.5 Å². The smallest absolute Gasteiger partial charge is 0.408 e. The van der Waals surface area contributed by atoms with Gasteiger partial charge in [0.05, 0.1) is 11.9 Å². The maximum Gasteiger partial charge on any atom is 0.408 e. The fourth-order valence-electron chi connectivity index (χ4n) is 3.07. The molecule has 0 saturated carbocycles. The van der Waals surface area contributed by atoms with Crippen LogP contribution in [-0.4, -0.2) is 57.7 Å². The number of aromatic nitrogens is 2. The monoisotopic (exact) mass is 379 g/mol. The zero-order valence-corrected chi connectivity index (χ0v) is 17.3. The number of ether oxygens (including phenoxy) is 1. The Morgan fingerprint density at radius 1 is 1.22 bits per heavy atom. The van der Waals surface area contributed by atoms with E-state index < -0.39 is 17.7 Å². The molecule has 0 spiro atoms. The molecule has 2 rings (SSSR count). The molecule has 0 radical (unpaired) electrons. The number of carbonyl (C=O) groups excluding carboxylic acids is 2. The highest BCUT2D eigenvalue weighted by atomic mass is 16.6. The quantitative estimate of drug-likeness (QED) is 0.793. The van der Waals surface area contributed by atoms with Crippen LogP contribution in [0.4, 0.5) is 10.6 Å². The Bertz CT molecular complexity index is 657. The summed E-state index contributed by atoms with van der Waals surface area (Å²) in [5.41, 5.74) is -0.735. The number of alkyl carbamates (subject to hydrolysis) is 1. The predicted octanol–water partition coefficient (Wildman–Crippen LogP) is 2.57. The largest absolute Gasteiger partial charge is 0.444 e. The SMILES string of the molecule is C[C@H](NC(=O)OC(C)(C)C)C(=O)Nc1cn(C(C)(C)CN2CCCC2)cn1. The third-order valence-electron chi connectivity index (χ3n) is 4.47. The lowest BCUT2D eigenvalue weighted by atomic mass is 10.1. The number of likely N-dealkylation sites (tertiary alicyclic amines) is 1. The van der Waals surface area contributed by atoms with Crippen LogP contribution in [0.5, 0.6) is 0 Å². The van der Waals surface area contributed by atoms with Crippen LogP contribution >= 0.6 is 0 Å². The lowest BCUT2D eigenvalue weighted by Gasteiger charge is -2.31. The average molecular weight is 380 g/mol. The third kappa shape index (κ3) is 6.53. The highest BCUT2D eigenvalue weighted by Crippen LogP contribution is 2.21. The first-order valence-corrected chi connectivity index (χ1v) is 9.53. The Hall–Kier alpha value is -2.09. The zero-order valence-electron chi connectivity index (χ0n) is 17.3. The molecule has 1 aliphatic rings. The molecule has 8 heteroatoms. The van der Waals surface area contributed by atoms with Crippen LogP contribution < -0.4 is 10.6 Å². The second kappa shape index (κ2) is 8.29. The first-order chi connectivity index (χ1) is 12.5. The number of rotatable bonds is 6. The summed E-state index contributed by atoms with van der Waals surface area (Å²) in [4.78, 5) is 30.8. The molecule has 0 aromatic carbocycles. The van der Waals surface area contributed by atoms with Gasteiger partial charge in [0, 0.05) is 12.7 Å². The van der Waals surface area contributed by atoms with Crippen molar-refractivity contribution >= 4 is 17.8 Å². The molecular formula is C19H33N5O3. The zero-order chi connectivity index (χ0) is 20.2. The minimum absolute atomic E-state index is 0.124. The van der Waals surface area contributed by atoms with E-state index in [4.69, 9.17) is 4.74 Å². The van der Waals surface area contributed by atoms with Crippen molar-refractivity contribution < 1.29 is 14.3 Å². The number of hydrogen-bond acceptors (Lipinski definition) is 5. The van der Waals surface area contributed by atoms with Gasteiger partial charge in [0.1, 0.15) is 11.6 Å². The number of nitrogens with one attached hydrogen (secondary N) is 2. The fraction of sp³-hybridized carbons (Fsp3) is 0.737. The second-order valence-electron chi connectivity index (χ2n) is 8.82. The summed E-state index contributed by atoms with van der Waals surface area (Å²) in [5.74, 6) is 0.121. The van der Waals surface area contributed by atoms with Crippen molar-refractivity contribution in [2.24, 2.45) is 0 Å². The van der Waals surface area contributed by atoms with Gasteiger partial charge in [0.25, 0.3) is 0 Å². The number of hydrogen-bond donors (Lipinski definition) is 2. The van der Waals surface area contributed by atoms with Gasteiger partial charge >= 0.3 is 6.09 Å². The minimum Gasteiger partial charge on any atom is -0.444 e. The van der Waals surface area contributed by atoms with Gasteiger partial charge in [-0.1, -0.05) is 0 Å². The summed E-state index contributed by atoms with van der Waals surface area (Å²) in [5, 5.41) is 5.27. The van der Waals surface area contributed by atoms with Gasteiger partial charge in [-0.25, -0.2) is 9.78 Å². The molecule has 0 unspecified atom stereocenters. The summed E-state index contributed by atoms with van der Waals surface area (Å²) >= 11 is 0. The maximum atomic E-state index is 12.3. The summed E-state index contributed by atoms with van der Waals surface area (Å²) in [6.07, 6.45) is 5.45. The van der Waals surface area contributed by atoms with Crippen molar-refractivity contribution in [2.45, 2.75) is 71.6 Å². The summed E-state index contributed by atoms with van der Waals surface area (Å²) in [6.45, 7) is 14.4. The van der Waals surface area contributed by atoms with E-state index in [-0.39, 0.29) is 11.4 Å². The molecule has 8 nitrogen and oxygen atoms in total. The third-order valence-corrected chi connectivity index (χ3v) is 4.47. The number of carbonyl (C=O) groups is 2. The van der Waals surface area contributed by atoms with Gasteiger partial charge in [-0.3, -0.25) is 4.79 Å². The molecule has 1 aromatic heterocycles. The van der Waals surface area contributed by atoms with Gasteiger partial charge in [-0.2, -0.15) is 0 Å². The Kier molecular flexibility index (Phi) is 6.51. The van der Waals surface area contributed by atoms with E-state index >= 15 is 0 Å². The molecule has 152 valence electrons. The van der Waals surface area contributed by atoms with Crippen LogP contribution in [0.3, 0.4) is 0 Å². The average Bonchev–Trinajstić information content (AvgIpc) is 3.16. The number of imidazole rings is 1. The van der Waals surface area contributed by atoms with Crippen LogP contribution in [0.2, 0.25) is 0 Å². The molecule has 0 bridgehead atoms. The van der Waals surface area contributed by atoms with Crippen LogP contribution in [0.1, 0.15) is 54.4 Å².